The number of nitrogens with two attached hydrogens (primary N) is 1. The number of hydrogen-bond acceptors (Lipinski definition) is 2. The Bertz CT molecular complexity index is 178. The molecule has 0 radical (unpaired) electrons. The van der Waals surface area contributed by atoms with Crippen molar-refractivity contribution in [2.45, 2.75) is 71.4 Å². The third-order valence-corrected chi connectivity index (χ3v) is 3.26. The van der Waals surface area contributed by atoms with Crippen LogP contribution in [0.3, 0.4) is 0 Å². The Labute approximate surface area is 93.8 Å². The van der Waals surface area contributed by atoms with Gasteiger partial charge in [0.2, 0.25) is 5.91 Å². The maximum Gasteiger partial charge on any atom is 0.220 e. The molecule has 0 aliphatic carbocycles. The zero-order chi connectivity index (χ0) is 11.9. The van der Waals surface area contributed by atoms with E-state index in [1.165, 1.54) is 0 Å². The third-order valence-electron chi connectivity index (χ3n) is 3.26. The fourth-order valence-corrected chi connectivity index (χ4v) is 1.73. The van der Waals surface area contributed by atoms with E-state index < -0.39 is 0 Å². The molecule has 3 N–H and O–H groups in total. The Morgan fingerprint density at radius 1 is 1.27 bits per heavy atom. The summed E-state index contributed by atoms with van der Waals surface area (Å²) >= 11 is 0. The Balaban J connectivity index is 4.11. The van der Waals surface area contributed by atoms with Crippen LogP contribution in [0.15, 0.2) is 0 Å². The van der Waals surface area contributed by atoms with E-state index in [4.69, 9.17) is 5.73 Å². The van der Waals surface area contributed by atoms with Crippen molar-refractivity contribution in [3.8, 4) is 0 Å². The minimum atomic E-state index is -0.00504. The highest BCUT2D eigenvalue weighted by molar-refractivity contribution is 5.76. The van der Waals surface area contributed by atoms with Crippen molar-refractivity contribution in [2.24, 2.45) is 5.73 Å². The van der Waals surface area contributed by atoms with Gasteiger partial charge in [0.25, 0.3) is 0 Å². The van der Waals surface area contributed by atoms with Crippen LogP contribution in [0.4, 0.5) is 0 Å². The highest BCUT2D eigenvalue weighted by Gasteiger charge is 2.25. The molecule has 0 heterocycles. The molecule has 0 saturated heterocycles. The predicted molar refractivity (Wildman–Crippen MR) is 64.6 cm³/mol. The van der Waals surface area contributed by atoms with Gasteiger partial charge in [-0.05, 0) is 32.6 Å². The number of carbonyl (C=O) groups excluding carboxylic acids is 1. The van der Waals surface area contributed by atoms with E-state index in [0.29, 0.717) is 6.42 Å². The van der Waals surface area contributed by atoms with Crippen LogP contribution in [0, 0.1) is 0 Å². The van der Waals surface area contributed by atoms with Crippen LogP contribution in [0.1, 0.15) is 59.8 Å². The number of nitrogens with one attached hydrogen (secondary N) is 1. The van der Waals surface area contributed by atoms with Crippen LogP contribution in [0.2, 0.25) is 0 Å². The van der Waals surface area contributed by atoms with Gasteiger partial charge >= 0.3 is 0 Å². The molecule has 1 amide bonds. The molecule has 0 rings (SSSR count). The summed E-state index contributed by atoms with van der Waals surface area (Å²) in [5, 5.41) is 3.14. The lowest BCUT2D eigenvalue weighted by molar-refractivity contribution is -0.123. The van der Waals surface area contributed by atoms with Gasteiger partial charge in [0.05, 0.1) is 0 Å². The molecule has 90 valence electrons. The summed E-state index contributed by atoms with van der Waals surface area (Å²) in [4.78, 5) is 11.7. The monoisotopic (exact) mass is 214 g/mol. The molecular weight excluding hydrogens is 188 g/mol. The first kappa shape index (κ1) is 14.4. The fraction of sp³-hybridized carbons (Fsp3) is 0.917. The smallest absolute Gasteiger partial charge is 0.220 e. The zero-order valence-electron chi connectivity index (χ0n) is 10.6. The topological polar surface area (TPSA) is 55.1 Å². The van der Waals surface area contributed by atoms with Crippen LogP contribution < -0.4 is 11.1 Å². The molecule has 0 aliphatic rings. The summed E-state index contributed by atoms with van der Waals surface area (Å²) in [5.74, 6) is 0.137. The second-order valence-corrected chi connectivity index (χ2v) is 4.41. The van der Waals surface area contributed by atoms with Crippen molar-refractivity contribution in [3.63, 3.8) is 0 Å². The van der Waals surface area contributed by atoms with Gasteiger partial charge in [-0.25, -0.2) is 0 Å². The first-order valence-electron chi connectivity index (χ1n) is 6.06. The molecule has 0 bridgehead atoms. The molecule has 1 atom stereocenters. The van der Waals surface area contributed by atoms with Gasteiger partial charge in [-0.15, -0.1) is 0 Å². The van der Waals surface area contributed by atoms with Crippen molar-refractivity contribution in [1.29, 1.82) is 0 Å². The molecule has 3 heteroatoms. The van der Waals surface area contributed by atoms with Crippen LogP contribution in [-0.4, -0.2) is 17.5 Å². The van der Waals surface area contributed by atoms with E-state index in [1.54, 1.807) is 0 Å². The van der Waals surface area contributed by atoms with E-state index in [2.05, 4.69) is 26.1 Å². The standard InChI is InChI=1S/C12H26N2O/c1-5-12(6-2,7-3)14-11(15)9-8-10(4)13/h10H,5-9,13H2,1-4H3,(H,14,15). The second kappa shape index (κ2) is 6.83. The van der Waals surface area contributed by atoms with Crippen molar-refractivity contribution in [2.75, 3.05) is 0 Å². The third kappa shape index (κ3) is 5.17. The van der Waals surface area contributed by atoms with E-state index in [-0.39, 0.29) is 17.5 Å². The predicted octanol–water partition coefficient (Wildman–Crippen LogP) is 2.20. The lowest BCUT2D eigenvalue weighted by atomic mass is 9.89. The van der Waals surface area contributed by atoms with Crippen LogP contribution in [0.25, 0.3) is 0 Å². The number of carbonyl (C=O) groups is 1. The largest absolute Gasteiger partial charge is 0.351 e. The Morgan fingerprint density at radius 2 is 1.73 bits per heavy atom. The Morgan fingerprint density at radius 3 is 2.07 bits per heavy atom. The lowest BCUT2D eigenvalue weighted by Gasteiger charge is -2.32. The zero-order valence-corrected chi connectivity index (χ0v) is 10.6. The van der Waals surface area contributed by atoms with Crippen molar-refractivity contribution < 1.29 is 4.79 Å². The van der Waals surface area contributed by atoms with Crippen molar-refractivity contribution >= 4 is 5.91 Å². The van der Waals surface area contributed by atoms with E-state index in [1.807, 2.05) is 6.92 Å². The molecule has 0 aromatic carbocycles. The van der Waals surface area contributed by atoms with Gasteiger partial charge in [-0.1, -0.05) is 20.8 Å². The van der Waals surface area contributed by atoms with Gasteiger partial charge < -0.3 is 11.1 Å². The summed E-state index contributed by atoms with van der Waals surface area (Å²) in [6.07, 6.45) is 4.27. The summed E-state index contributed by atoms with van der Waals surface area (Å²) in [7, 11) is 0. The normalized spacial score (nSPS) is 13.7. The van der Waals surface area contributed by atoms with E-state index >= 15 is 0 Å². The quantitative estimate of drug-likeness (QED) is 0.682. The van der Waals surface area contributed by atoms with E-state index in [9.17, 15) is 4.79 Å². The SMILES string of the molecule is CCC(CC)(CC)NC(=O)CCC(C)N. The highest BCUT2D eigenvalue weighted by Crippen LogP contribution is 2.19. The average molecular weight is 214 g/mol. The first-order valence-corrected chi connectivity index (χ1v) is 6.06. The van der Waals surface area contributed by atoms with Crippen LogP contribution in [0.5, 0.6) is 0 Å². The molecule has 0 aromatic heterocycles. The van der Waals surface area contributed by atoms with Gasteiger partial charge in [-0.3, -0.25) is 4.79 Å². The summed E-state index contributed by atoms with van der Waals surface area (Å²) in [6, 6.07) is 0.107. The summed E-state index contributed by atoms with van der Waals surface area (Å²) in [5.41, 5.74) is 5.62. The fourth-order valence-electron chi connectivity index (χ4n) is 1.73. The van der Waals surface area contributed by atoms with Gasteiger partial charge in [-0.2, -0.15) is 0 Å². The minimum absolute atomic E-state index is 0.00504. The highest BCUT2D eigenvalue weighted by atomic mass is 16.1. The summed E-state index contributed by atoms with van der Waals surface area (Å²) < 4.78 is 0. The van der Waals surface area contributed by atoms with Gasteiger partial charge in [0, 0.05) is 18.0 Å². The van der Waals surface area contributed by atoms with Crippen LogP contribution in [-0.2, 0) is 4.79 Å². The molecule has 0 saturated carbocycles. The Hall–Kier alpha value is -0.570. The summed E-state index contributed by atoms with van der Waals surface area (Å²) in [6.45, 7) is 8.30. The van der Waals surface area contributed by atoms with Crippen molar-refractivity contribution in [1.82, 2.24) is 5.32 Å². The van der Waals surface area contributed by atoms with Crippen molar-refractivity contribution in [3.05, 3.63) is 0 Å². The molecule has 0 aliphatic heterocycles. The number of amides is 1. The van der Waals surface area contributed by atoms with E-state index in [0.717, 1.165) is 25.7 Å². The molecule has 0 aromatic rings. The maximum atomic E-state index is 11.7. The molecular formula is C12H26N2O. The average Bonchev–Trinajstić information content (AvgIpc) is 2.23. The molecule has 15 heavy (non-hydrogen) atoms. The van der Waals surface area contributed by atoms with Gasteiger partial charge in [0.1, 0.15) is 0 Å². The molecule has 1 unspecified atom stereocenters. The number of rotatable bonds is 7. The molecule has 3 nitrogen and oxygen atoms in total. The molecule has 0 fully saturated rings. The van der Waals surface area contributed by atoms with Crippen LogP contribution >= 0.6 is 0 Å². The maximum absolute atomic E-state index is 11.7. The molecule has 0 spiro atoms. The second-order valence-electron chi connectivity index (χ2n) is 4.41. The lowest BCUT2D eigenvalue weighted by Crippen LogP contribution is -2.47. The van der Waals surface area contributed by atoms with Gasteiger partial charge in [0.15, 0.2) is 0 Å². The Kier molecular flexibility index (Phi) is 6.57. The minimum Gasteiger partial charge on any atom is -0.351 e. The number of hydrogen-bond donors (Lipinski definition) is 2. The first-order chi connectivity index (χ1) is 6.99.